The normalized spacial score (nSPS) is 20.2. The lowest BCUT2D eigenvalue weighted by molar-refractivity contribution is -0.151. The number of anilines is 1. The highest BCUT2D eigenvalue weighted by atomic mass is 19.1. The quantitative estimate of drug-likeness (QED) is 0.747. The molecular weight excluding hydrogens is 361 g/mol. The summed E-state index contributed by atoms with van der Waals surface area (Å²) >= 11 is 0. The highest BCUT2D eigenvalue weighted by Crippen LogP contribution is 2.30. The Morgan fingerprint density at radius 1 is 1.11 bits per heavy atom. The van der Waals surface area contributed by atoms with Gasteiger partial charge < -0.3 is 14.7 Å². The zero-order chi connectivity index (χ0) is 20.5. The standard InChI is InChI=1S/C21H26FN3O3/c1-4-18(26)23-11-9-15(10-12-23)19(27)25-14-13-24(20(28)21(25,2)3)17-7-5-16(22)6-8-17/h4-8,15H,1,9-14H2,2-3H3. The van der Waals surface area contributed by atoms with E-state index in [0.29, 0.717) is 44.7 Å². The van der Waals surface area contributed by atoms with Crippen molar-refractivity contribution in [3.8, 4) is 0 Å². The van der Waals surface area contributed by atoms with E-state index in [0.717, 1.165) is 0 Å². The summed E-state index contributed by atoms with van der Waals surface area (Å²) in [5.74, 6) is -0.890. The van der Waals surface area contributed by atoms with E-state index in [4.69, 9.17) is 0 Å². The molecule has 2 heterocycles. The molecule has 2 aliphatic heterocycles. The van der Waals surface area contributed by atoms with E-state index in [9.17, 15) is 18.8 Å². The molecule has 6 nitrogen and oxygen atoms in total. The van der Waals surface area contributed by atoms with E-state index in [2.05, 4.69) is 6.58 Å². The van der Waals surface area contributed by atoms with E-state index < -0.39 is 5.54 Å². The van der Waals surface area contributed by atoms with E-state index in [1.807, 2.05) is 0 Å². The third-order valence-corrected chi connectivity index (χ3v) is 5.73. The minimum atomic E-state index is -0.988. The molecule has 1 aromatic carbocycles. The van der Waals surface area contributed by atoms with Crippen molar-refractivity contribution in [2.45, 2.75) is 32.2 Å². The maximum Gasteiger partial charge on any atom is 0.252 e. The van der Waals surface area contributed by atoms with Crippen molar-refractivity contribution in [1.29, 1.82) is 0 Å². The molecule has 1 aromatic rings. The topological polar surface area (TPSA) is 60.9 Å². The molecule has 0 atom stereocenters. The second-order valence-electron chi connectivity index (χ2n) is 7.79. The Morgan fingerprint density at radius 2 is 1.71 bits per heavy atom. The van der Waals surface area contributed by atoms with Gasteiger partial charge in [-0.05, 0) is 57.0 Å². The van der Waals surface area contributed by atoms with Crippen molar-refractivity contribution in [2.24, 2.45) is 5.92 Å². The second kappa shape index (κ2) is 7.73. The van der Waals surface area contributed by atoms with Crippen LogP contribution in [0.15, 0.2) is 36.9 Å². The van der Waals surface area contributed by atoms with Crippen molar-refractivity contribution in [1.82, 2.24) is 9.80 Å². The zero-order valence-electron chi connectivity index (χ0n) is 16.4. The summed E-state index contributed by atoms with van der Waals surface area (Å²) in [7, 11) is 0. The van der Waals surface area contributed by atoms with Gasteiger partial charge in [0.15, 0.2) is 0 Å². The van der Waals surface area contributed by atoms with Gasteiger partial charge in [-0.15, -0.1) is 0 Å². The Morgan fingerprint density at radius 3 is 2.29 bits per heavy atom. The molecule has 150 valence electrons. The number of benzene rings is 1. The van der Waals surface area contributed by atoms with Crippen LogP contribution < -0.4 is 4.90 Å². The number of piperazine rings is 1. The first-order chi connectivity index (χ1) is 13.3. The second-order valence-corrected chi connectivity index (χ2v) is 7.79. The number of carbonyl (C=O) groups is 3. The van der Waals surface area contributed by atoms with E-state index >= 15 is 0 Å². The number of rotatable bonds is 3. The van der Waals surface area contributed by atoms with E-state index in [1.165, 1.54) is 18.2 Å². The van der Waals surface area contributed by atoms with Gasteiger partial charge in [0.2, 0.25) is 11.8 Å². The number of hydrogen-bond donors (Lipinski definition) is 0. The number of carbonyl (C=O) groups excluding carboxylic acids is 3. The SMILES string of the molecule is C=CC(=O)N1CCC(C(=O)N2CCN(c3ccc(F)cc3)C(=O)C2(C)C)CC1. The summed E-state index contributed by atoms with van der Waals surface area (Å²) in [5, 5.41) is 0. The summed E-state index contributed by atoms with van der Waals surface area (Å²) in [4.78, 5) is 42.9. The lowest BCUT2D eigenvalue weighted by atomic mass is 9.90. The van der Waals surface area contributed by atoms with Crippen molar-refractivity contribution in [3.63, 3.8) is 0 Å². The number of nitrogens with zero attached hydrogens (tertiary/aromatic N) is 3. The van der Waals surface area contributed by atoms with Gasteiger partial charge in [-0.1, -0.05) is 6.58 Å². The number of hydrogen-bond acceptors (Lipinski definition) is 3. The highest BCUT2D eigenvalue weighted by molar-refractivity contribution is 6.03. The maximum atomic E-state index is 13.2. The third-order valence-electron chi connectivity index (χ3n) is 5.73. The fourth-order valence-electron chi connectivity index (χ4n) is 3.98. The van der Waals surface area contributed by atoms with Gasteiger partial charge in [-0.3, -0.25) is 14.4 Å². The Balaban J connectivity index is 1.69. The molecule has 2 fully saturated rings. The Bertz CT molecular complexity index is 783. The molecule has 0 N–H and O–H groups in total. The molecular formula is C21H26FN3O3. The predicted molar refractivity (Wildman–Crippen MR) is 104 cm³/mol. The van der Waals surface area contributed by atoms with Crippen molar-refractivity contribution >= 4 is 23.4 Å². The minimum Gasteiger partial charge on any atom is -0.339 e. The number of halogens is 1. The smallest absolute Gasteiger partial charge is 0.252 e. The maximum absolute atomic E-state index is 13.2. The Hall–Kier alpha value is -2.70. The molecule has 2 aliphatic rings. The van der Waals surface area contributed by atoms with Gasteiger partial charge in [-0.25, -0.2) is 4.39 Å². The fraction of sp³-hybridized carbons (Fsp3) is 0.476. The van der Waals surface area contributed by atoms with Crippen LogP contribution in [-0.2, 0) is 14.4 Å². The average Bonchev–Trinajstić information content (AvgIpc) is 2.70. The zero-order valence-corrected chi connectivity index (χ0v) is 16.4. The molecule has 0 radical (unpaired) electrons. The summed E-state index contributed by atoms with van der Waals surface area (Å²) in [5.41, 5.74) is -0.361. The molecule has 7 heteroatoms. The van der Waals surface area contributed by atoms with Crippen LogP contribution in [0.3, 0.4) is 0 Å². The molecule has 0 saturated carbocycles. The predicted octanol–water partition coefficient (Wildman–Crippen LogP) is 2.20. The first kappa shape index (κ1) is 20.0. The average molecular weight is 387 g/mol. The first-order valence-electron chi connectivity index (χ1n) is 9.56. The molecule has 2 saturated heterocycles. The molecule has 0 aromatic heterocycles. The summed E-state index contributed by atoms with van der Waals surface area (Å²) in [6, 6.07) is 5.80. The van der Waals surface area contributed by atoms with Gasteiger partial charge in [0, 0.05) is 37.8 Å². The lowest BCUT2D eigenvalue weighted by Gasteiger charge is -2.47. The van der Waals surface area contributed by atoms with Crippen LogP contribution in [-0.4, -0.2) is 59.2 Å². The van der Waals surface area contributed by atoms with Crippen LogP contribution in [0, 0.1) is 11.7 Å². The monoisotopic (exact) mass is 387 g/mol. The number of likely N-dealkylation sites (tertiary alicyclic amines) is 1. The molecule has 0 aliphatic carbocycles. The van der Waals surface area contributed by atoms with Gasteiger partial charge in [-0.2, -0.15) is 0 Å². The molecule has 3 rings (SSSR count). The van der Waals surface area contributed by atoms with Crippen molar-refractivity contribution in [2.75, 3.05) is 31.1 Å². The Kier molecular flexibility index (Phi) is 5.54. The lowest BCUT2D eigenvalue weighted by Crippen LogP contribution is -2.66. The third kappa shape index (κ3) is 3.66. The van der Waals surface area contributed by atoms with Crippen LogP contribution in [0.25, 0.3) is 0 Å². The van der Waals surface area contributed by atoms with Gasteiger partial charge in [0.05, 0.1) is 0 Å². The minimum absolute atomic E-state index is 0.0391. The molecule has 0 unspecified atom stereocenters. The van der Waals surface area contributed by atoms with Crippen molar-refractivity contribution in [3.05, 3.63) is 42.7 Å². The van der Waals surface area contributed by atoms with Gasteiger partial charge in [0.25, 0.3) is 5.91 Å². The molecule has 3 amide bonds. The summed E-state index contributed by atoms with van der Waals surface area (Å²) in [6.07, 6.45) is 2.46. The van der Waals surface area contributed by atoms with Crippen LogP contribution in [0.4, 0.5) is 10.1 Å². The fourth-order valence-corrected chi connectivity index (χ4v) is 3.98. The van der Waals surface area contributed by atoms with Crippen LogP contribution >= 0.6 is 0 Å². The summed E-state index contributed by atoms with van der Waals surface area (Å²) in [6.45, 7) is 8.82. The van der Waals surface area contributed by atoms with Gasteiger partial charge >= 0.3 is 0 Å². The number of amides is 3. The molecule has 28 heavy (non-hydrogen) atoms. The summed E-state index contributed by atoms with van der Waals surface area (Å²) < 4.78 is 13.2. The van der Waals surface area contributed by atoms with Gasteiger partial charge in [0.1, 0.15) is 11.4 Å². The van der Waals surface area contributed by atoms with Crippen LogP contribution in [0.2, 0.25) is 0 Å². The largest absolute Gasteiger partial charge is 0.339 e. The molecule has 0 spiro atoms. The van der Waals surface area contributed by atoms with Crippen LogP contribution in [0.1, 0.15) is 26.7 Å². The van der Waals surface area contributed by atoms with Crippen molar-refractivity contribution < 1.29 is 18.8 Å². The van der Waals surface area contributed by atoms with E-state index in [1.54, 1.807) is 40.7 Å². The molecule has 0 bridgehead atoms. The van der Waals surface area contributed by atoms with E-state index in [-0.39, 0.29) is 29.5 Å². The first-order valence-corrected chi connectivity index (χ1v) is 9.56. The number of piperidine rings is 1. The van der Waals surface area contributed by atoms with Crippen LogP contribution in [0.5, 0.6) is 0 Å². The Labute approximate surface area is 164 Å². The highest BCUT2D eigenvalue weighted by Gasteiger charge is 2.46.